The largest absolute Gasteiger partial charge is 0.478 e. The third-order valence-corrected chi connectivity index (χ3v) is 3.94. The first kappa shape index (κ1) is 15.7. The summed E-state index contributed by atoms with van der Waals surface area (Å²) in [4.78, 5) is 10.6. The minimum Gasteiger partial charge on any atom is -0.478 e. The van der Waals surface area contributed by atoms with Gasteiger partial charge in [-0.1, -0.05) is 6.92 Å². The Kier molecular flexibility index (Phi) is 4.41. The summed E-state index contributed by atoms with van der Waals surface area (Å²) < 4.78 is 65.2. The van der Waals surface area contributed by atoms with Crippen LogP contribution in [-0.2, 0) is 14.8 Å². The lowest BCUT2D eigenvalue weighted by atomic mass is 9.96. The first-order valence-corrected chi connectivity index (χ1v) is 6.95. The molecule has 0 aromatic rings. The molecule has 0 spiro atoms. The average molecular weight is 299 g/mol. The van der Waals surface area contributed by atoms with Crippen LogP contribution < -0.4 is 4.72 Å². The molecule has 0 saturated heterocycles. The maximum Gasteiger partial charge on any atom is 0.337 e. The second-order valence-electron chi connectivity index (χ2n) is 3.95. The maximum absolute atomic E-state index is 14.2. The number of carboxylic acids is 1. The van der Waals surface area contributed by atoms with Crippen molar-refractivity contribution in [2.75, 3.05) is 5.75 Å². The number of allylic oxidation sites excluding steroid dienone is 2. The van der Waals surface area contributed by atoms with E-state index in [1.54, 1.807) is 0 Å². The van der Waals surface area contributed by atoms with E-state index in [4.69, 9.17) is 5.11 Å². The smallest absolute Gasteiger partial charge is 0.337 e. The molecular formula is C10H12F3NO4S. The maximum atomic E-state index is 14.2. The van der Waals surface area contributed by atoms with Gasteiger partial charge in [0.05, 0.1) is 5.75 Å². The number of rotatable bonds is 5. The number of hydrogen-bond acceptors (Lipinski definition) is 3. The Morgan fingerprint density at radius 3 is 2.63 bits per heavy atom. The molecule has 19 heavy (non-hydrogen) atoms. The zero-order valence-electron chi connectivity index (χ0n) is 9.86. The first-order chi connectivity index (χ1) is 8.63. The molecule has 9 heteroatoms. The molecule has 108 valence electrons. The second kappa shape index (κ2) is 5.33. The first-order valence-electron chi connectivity index (χ1n) is 5.30. The van der Waals surface area contributed by atoms with Gasteiger partial charge in [-0.2, -0.15) is 4.72 Å². The summed E-state index contributed by atoms with van der Waals surface area (Å²) in [6.07, 6.45) is -2.12. The summed E-state index contributed by atoms with van der Waals surface area (Å²) in [5, 5.41) is 8.60. The number of aliphatic carboxylic acids is 1. The van der Waals surface area contributed by atoms with Crippen molar-refractivity contribution in [3.8, 4) is 0 Å². The quantitative estimate of drug-likeness (QED) is 0.747. The lowest BCUT2D eigenvalue weighted by molar-refractivity contribution is -0.134. The molecule has 1 aliphatic rings. The van der Waals surface area contributed by atoms with Gasteiger partial charge in [-0.3, -0.25) is 0 Å². The van der Waals surface area contributed by atoms with Crippen molar-refractivity contribution in [1.82, 2.24) is 4.72 Å². The van der Waals surface area contributed by atoms with Crippen LogP contribution in [0.1, 0.15) is 13.3 Å². The third-order valence-electron chi connectivity index (χ3n) is 2.37. The number of carbonyl (C=O) groups is 1. The SMILES string of the molecule is CCCS(=O)(=O)NC1(F)C=CC(F)=C(C(=O)O)C1F. The van der Waals surface area contributed by atoms with Gasteiger partial charge in [0.2, 0.25) is 15.8 Å². The normalized spacial score (nSPS) is 27.7. The van der Waals surface area contributed by atoms with Crippen molar-refractivity contribution >= 4 is 16.0 Å². The molecule has 1 rings (SSSR count). The number of halogens is 3. The van der Waals surface area contributed by atoms with Crippen molar-refractivity contribution < 1.29 is 31.5 Å². The van der Waals surface area contributed by atoms with Gasteiger partial charge in [-0.05, 0) is 18.6 Å². The molecule has 0 radical (unpaired) electrons. The van der Waals surface area contributed by atoms with Crippen molar-refractivity contribution in [3.05, 3.63) is 23.6 Å². The Hall–Kier alpha value is -1.35. The average Bonchev–Trinajstić information content (AvgIpc) is 2.23. The van der Waals surface area contributed by atoms with Gasteiger partial charge < -0.3 is 5.11 Å². The van der Waals surface area contributed by atoms with Crippen LogP contribution in [0.3, 0.4) is 0 Å². The molecule has 5 nitrogen and oxygen atoms in total. The van der Waals surface area contributed by atoms with E-state index in [1.807, 2.05) is 0 Å². The van der Waals surface area contributed by atoms with Crippen LogP contribution in [0.25, 0.3) is 0 Å². The van der Waals surface area contributed by atoms with Gasteiger partial charge in [0.15, 0.2) is 6.17 Å². The predicted molar refractivity (Wildman–Crippen MR) is 60.9 cm³/mol. The van der Waals surface area contributed by atoms with Crippen LogP contribution in [0.15, 0.2) is 23.6 Å². The van der Waals surface area contributed by atoms with Crippen LogP contribution in [0.4, 0.5) is 13.2 Å². The molecule has 2 atom stereocenters. The monoisotopic (exact) mass is 299 g/mol. The lowest BCUT2D eigenvalue weighted by Crippen LogP contribution is -2.53. The Bertz CT molecular complexity index is 543. The molecule has 0 fully saturated rings. The second-order valence-corrected chi connectivity index (χ2v) is 5.79. The van der Waals surface area contributed by atoms with E-state index < -0.39 is 45.1 Å². The molecule has 0 heterocycles. The highest BCUT2D eigenvalue weighted by Gasteiger charge is 2.48. The Balaban J connectivity index is 3.10. The Morgan fingerprint density at radius 2 is 2.16 bits per heavy atom. The van der Waals surface area contributed by atoms with E-state index in [0.717, 1.165) is 0 Å². The minimum atomic E-state index is -4.14. The van der Waals surface area contributed by atoms with E-state index in [9.17, 15) is 26.4 Å². The van der Waals surface area contributed by atoms with Crippen LogP contribution in [0.5, 0.6) is 0 Å². The lowest BCUT2D eigenvalue weighted by Gasteiger charge is -2.29. The predicted octanol–water partition coefficient (Wildman–Crippen LogP) is 1.20. The van der Waals surface area contributed by atoms with Crippen LogP contribution in [0, 0.1) is 0 Å². The zero-order valence-corrected chi connectivity index (χ0v) is 10.7. The summed E-state index contributed by atoms with van der Waals surface area (Å²) in [7, 11) is -4.14. The van der Waals surface area contributed by atoms with Crippen LogP contribution >= 0.6 is 0 Å². The highest BCUT2D eigenvalue weighted by molar-refractivity contribution is 7.89. The van der Waals surface area contributed by atoms with Crippen molar-refractivity contribution in [2.24, 2.45) is 0 Å². The molecule has 0 saturated carbocycles. The highest BCUT2D eigenvalue weighted by atomic mass is 32.2. The van der Waals surface area contributed by atoms with Crippen molar-refractivity contribution in [1.29, 1.82) is 0 Å². The summed E-state index contributed by atoms with van der Waals surface area (Å²) >= 11 is 0. The summed E-state index contributed by atoms with van der Waals surface area (Å²) in [6, 6.07) is 0. The van der Waals surface area contributed by atoms with Gasteiger partial charge in [0, 0.05) is 0 Å². The number of sulfonamides is 1. The summed E-state index contributed by atoms with van der Waals surface area (Å²) in [5.41, 5.74) is -1.45. The van der Waals surface area contributed by atoms with Gasteiger partial charge in [-0.15, -0.1) is 0 Å². The van der Waals surface area contributed by atoms with Crippen molar-refractivity contribution in [3.63, 3.8) is 0 Å². The van der Waals surface area contributed by atoms with Crippen LogP contribution in [-0.4, -0.2) is 37.2 Å². The Labute approximate surface area is 107 Å². The van der Waals surface area contributed by atoms with E-state index in [2.05, 4.69) is 0 Å². The molecule has 0 bridgehead atoms. The highest BCUT2D eigenvalue weighted by Crippen LogP contribution is 2.33. The zero-order chi connectivity index (χ0) is 14.8. The molecule has 0 aliphatic heterocycles. The molecule has 1 aliphatic carbocycles. The van der Waals surface area contributed by atoms with Gasteiger partial charge in [0.1, 0.15) is 11.4 Å². The van der Waals surface area contributed by atoms with Crippen LogP contribution in [0.2, 0.25) is 0 Å². The molecule has 0 aromatic carbocycles. The van der Waals surface area contributed by atoms with E-state index in [-0.39, 0.29) is 6.42 Å². The fourth-order valence-electron chi connectivity index (χ4n) is 1.55. The molecule has 2 unspecified atom stereocenters. The topological polar surface area (TPSA) is 83.5 Å². The molecule has 2 N–H and O–H groups in total. The van der Waals surface area contributed by atoms with E-state index in [1.165, 1.54) is 11.6 Å². The van der Waals surface area contributed by atoms with Gasteiger partial charge in [-0.25, -0.2) is 26.4 Å². The minimum absolute atomic E-state index is 0.155. The fraction of sp³-hybridized carbons (Fsp3) is 0.500. The molecule has 0 aromatic heterocycles. The third kappa shape index (κ3) is 3.35. The fourth-order valence-corrected chi connectivity index (χ4v) is 2.84. The molecular weight excluding hydrogens is 287 g/mol. The molecule has 0 amide bonds. The van der Waals surface area contributed by atoms with E-state index in [0.29, 0.717) is 12.2 Å². The summed E-state index contributed by atoms with van der Waals surface area (Å²) in [5.74, 6) is -7.22. The Morgan fingerprint density at radius 1 is 1.58 bits per heavy atom. The summed E-state index contributed by atoms with van der Waals surface area (Å²) in [6.45, 7) is 1.51. The standard InChI is InChI=1S/C10H12F3NO4S/c1-2-5-19(17,18)14-10(13)4-3-6(11)7(8(10)12)9(15)16/h3-4,8,14H,2,5H2,1H3,(H,15,16). The van der Waals surface area contributed by atoms with Gasteiger partial charge in [0.25, 0.3) is 0 Å². The number of nitrogens with one attached hydrogen (secondary N) is 1. The van der Waals surface area contributed by atoms with Crippen molar-refractivity contribution in [2.45, 2.75) is 25.3 Å². The van der Waals surface area contributed by atoms with E-state index >= 15 is 0 Å². The number of carboxylic acid groups (broad SMARTS) is 1. The number of alkyl halides is 2. The number of hydrogen-bond donors (Lipinski definition) is 2. The van der Waals surface area contributed by atoms with Gasteiger partial charge >= 0.3 is 5.97 Å².